The van der Waals surface area contributed by atoms with Crippen molar-refractivity contribution in [2.75, 3.05) is 11.3 Å². The van der Waals surface area contributed by atoms with Crippen LogP contribution in [0.1, 0.15) is 90.4 Å². The minimum absolute atomic E-state index is 0.199. The summed E-state index contributed by atoms with van der Waals surface area (Å²) in [4.78, 5) is 4.90. The Hall–Kier alpha value is -2.90. The molecule has 5 nitrogen and oxygen atoms in total. The van der Waals surface area contributed by atoms with Crippen LogP contribution in [0.5, 0.6) is 5.75 Å². The van der Waals surface area contributed by atoms with Crippen molar-refractivity contribution in [3.05, 3.63) is 72.8 Å². The van der Waals surface area contributed by atoms with E-state index >= 15 is 0 Å². The summed E-state index contributed by atoms with van der Waals surface area (Å²) < 4.78 is 36.1. The molecule has 1 heterocycles. The van der Waals surface area contributed by atoms with Gasteiger partial charge in [-0.25, -0.2) is 13.4 Å². The fourth-order valence-corrected chi connectivity index (χ4v) is 7.06. The fourth-order valence-electron chi connectivity index (χ4n) is 4.97. The Bertz CT molecular complexity index is 1400. The molecule has 4 aromatic rings. The lowest BCUT2D eigenvalue weighted by Crippen LogP contribution is -2.13. The number of nitrogens with one attached hydrogen (secondary N) is 1. The molecular weight excluding hydrogens is 549 g/mol. The quantitative estimate of drug-likeness (QED) is 0.110. The first kappa shape index (κ1) is 31.0. The summed E-state index contributed by atoms with van der Waals surface area (Å²) in [6, 6.07) is 21.9. The van der Waals surface area contributed by atoms with Gasteiger partial charge in [-0.3, -0.25) is 4.72 Å². The van der Waals surface area contributed by atoms with E-state index in [-0.39, 0.29) is 4.90 Å². The third-order valence-corrected chi connectivity index (χ3v) is 9.80. The molecule has 4 rings (SSSR count). The summed E-state index contributed by atoms with van der Waals surface area (Å²) >= 11 is 1.55. The van der Waals surface area contributed by atoms with E-state index in [2.05, 4.69) is 11.6 Å². The molecule has 0 saturated carbocycles. The molecule has 41 heavy (non-hydrogen) atoms. The number of thiazole rings is 1. The predicted octanol–water partition coefficient (Wildman–Crippen LogP) is 10.2. The van der Waals surface area contributed by atoms with Crippen molar-refractivity contribution in [1.82, 2.24) is 4.98 Å². The van der Waals surface area contributed by atoms with Gasteiger partial charge in [0.25, 0.3) is 10.0 Å². The summed E-state index contributed by atoms with van der Waals surface area (Å²) in [5.41, 5.74) is 2.17. The van der Waals surface area contributed by atoms with E-state index in [1.807, 2.05) is 42.5 Å². The molecule has 0 aliphatic carbocycles. The molecule has 0 atom stereocenters. The van der Waals surface area contributed by atoms with Crippen LogP contribution in [0.4, 0.5) is 5.69 Å². The number of rotatable bonds is 19. The molecule has 0 amide bonds. The maximum absolute atomic E-state index is 13.2. The van der Waals surface area contributed by atoms with Crippen molar-refractivity contribution in [1.29, 1.82) is 0 Å². The van der Waals surface area contributed by atoms with Crippen molar-refractivity contribution in [3.8, 4) is 16.3 Å². The van der Waals surface area contributed by atoms with E-state index < -0.39 is 10.0 Å². The monoisotopic (exact) mass is 592 g/mol. The number of nitrogens with zero attached hydrogens (tertiary/aromatic N) is 1. The lowest BCUT2D eigenvalue weighted by Gasteiger charge is -2.12. The number of benzene rings is 3. The average Bonchev–Trinajstić information content (AvgIpc) is 3.42. The van der Waals surface area contributed by atoms with Gasteiger partial charge in [-0.05, 0) is 55.0 Å². The predicted molar refractivity (Wildman–Crippen MR) is 173 cm³/mol. The van der Waals surface area contributed by atoms with Crippen LogP contribution < -0.4 is 9.46 Å². The Kier molecular flexibility index (Phi) is 12.5. The highest BCUT2D eigenvalue weighted by Gasteiger charge is 2.18. The fraction of sp³-hybridized carbons (Fsp3) is 0.441. The Balaban J connectivity index is 1.17. The first-order valence-electron chi connectivity index (χ1n) is 15.3. The molecule has 1 N–H and O–H groups in total. The maximum Gasteiger partial charge on any atom is 0.261 e. The number of unbranched alkanes of at least 4 members (excludes halogenated alkanes) is 12. The van der Waals surface area contributed by atoms with Crippen LogP contribution in [-0.2, 0) is 10.0 Å². The number of sulfonamides is 1. The number of ether oxygens (including phenoxy) is 1. The summed E-state index contributed by atoms with van der Waals surface area (Å²) in [5, 5.41) is 0.779. The Morgan fingerprint density at radius 2 is 1.29 bits per heavy atom. The van der Waals surface area contributed by atoms with Crippen molar-refractivity contribution < 1.29 is 13.2 Å². The Labute approximate surface area is 250 Å². The highest BCUT2D eigenvalue weighted by Crippen LogP contribution is 2.35. The highest BCUT2D eigenvalue weighted by atomic mass is 32.2. The van der Waals surface area contributed by atoms with Gasteiger partial charge in [0.2, 0.25) is 0 Å². The number of fused-ring (bicyclic) bond motifs is 1. The molecule has 1 aromatic heterocycles. The average molecular weight is 593 g/mol. The van der Waals surface area contributed by atoms with Crippen LogP contribution >= 0.6 is 11.3 Å². The Morgan fingerprint density at radius 1 is 0.707 bits per heavy atom. The number of hydrogen-bond donors (Lipinski definition) is 1. The third kappa shape index (κ3) is 9.86. The second-order valence-electron chi connectivity index (χ2n) is 10.7. The number of aromatic nitrogens is 1. The lowest BCUT2D eigenvalue weighted by molar-refractivity contribution is 0.304. The second-order valence-corrected chi connectivity index (χ2v) is 13.4. The molecule has 0 radical (unpaired) electrons. The summed E-state index contributed by atoms with van der Waals surface area (Å²) in [6.07, 6.45) is 17.1. The summed E-state index contributed by atoms with van der Waals surface area (Å²) in [7, 11) is -3.77. The molecule has 0 bridgehead atoms. The van der Waals surface area contributed by atoms with Gasteiger partial charge in [0.15, 0.2) is 0 Å². The van der Waals surface area contributed by atoms with Gasteiger partial charge in [0.1, 0.15) is 10.8 Å². The van der Waals surface area contributed by atoms with Crippen LogP contribution in [0.2, 0.25) is 0 Å². The largest absolute Gasteiger partial charge is 0.494 e. The van der Waals surface area contributed by atoms with Crippen molar-refractivity contribution in [2.45, 2.75) is 95.3 Å². The zero-order chi connectivity index (χ0) is 28.8. The van der Waals surface area contributed by atoms with Gasteiger partial charge < -0.3 is 4.74 Å². The van der Waals surface area contributed by atoms with Crippen LogP contribution in [0.25, 0.3) is 20.8 Å². The van der Waals surface area contributed by atoms with Crippen molar-refractivity contribution >= 4 is 37.3 Å². The van der Waals surface area contributed by atoms with E-state index in [0.29, 0.717) is 18.0 Å². The lowest BCUT2D eigenvalue weighted by atomic mass is 10.0. The standard InChI is InChI=1S/C34H44N2O3S2/c1-2-3-4-5-6-7-8-9-10-11-12-13-18-27-39-28-23-25-29(26-24-28)41(37,38)36-31-20-15-14-19-30(31)34-35-32-21-16-17-22-33(32)40-34/h14-17,19-26,36H,2-13,18,27H2,1H3. The molecular formula is C34H44N2O3S2. The minimum Gasteiger partial charge on any atom is -0.494 e. The Morgan fingerprint density at radius 3 is 1.95 bits per heavy atom. The molecule has 0 aliphatic rings. The van der Waals surface area contributed by atoms with Gasteiger partial charge in [0.05, 0.1) is 27.4 Å². The van der Waals surface area contributed by atoms with Gasteiger partial charge in [0, 0.05) is 5.56 Å². The van der Waals surface area contributed by atoms with E-state index in [9.17, 15) is 8.42 Å². The van der Waals surface area contributed by atoms with Gasteiger partial charge in [-0.15, -0.1) is 11.3 Å². The number of hydrogen-bond acceptors (Lipinski definition) is 5. The van der Waals surface area contributed by atoms with Crippen molar-refractivity contribution in [3.63, 3.8) is 0 Å². The summed E-state index contributed by atoms with van der Waals surface area (Å²) in [5.74, 6) is 0.692. The van der Waals surface area contributed by atoms with E-state index in [1.54, 1.807) is 41.7 Å². The van der Waals surface area contributed by atoms with E-state index in [0.717, 1.165) is 27.2 Å². The summed E-state index contributed by atoms with van der Waals surface area (Å²) in [6.45, 7) is 2.92. The molecule has 3 aromatic carbocycles. The van der Waals surface area contributed by atoms with Gasteiger partial charge >= 0.3 is 0 Å². The molecule has 7 heteroatoms. The SMILES string of the molecule is CCCCCCCCCCCCCCCOc1ccc(S(=O)(=O)Nc2ccccc2-c2nc3ccccc3s2)cc1. The van der Waals surface area contributed by atoms with Crippen LogP contribution in [0.3, 0.4) is 0 Å². The molecule has 0 aliphatic heterocycles. The molecule has 0 unspecified atom stereocenters. The third-order valence-electron chi connectivity index (χ3n) is 7.35. The molecule has 0 fully saturated rings. The molecule has 0 saturated heterocycles. The van der Waals surface area contributed by atoms with E-state index in [4.69, 9.17) is 9.72 Å². The zero-order valence-corrected chi connectivity index (χ0v) is 25.9. The zero-order valence-electron chi connectivity index (χ0n) is 24.3. The normalized spacial score (nSPS) is 11.6. The number of para-hydroxylation sites is 2. The van der Waals surface area contributed by atoms with Gasteiger partial charge in [-0.2, -0.15) is 0 Å². The first-order valence-corrected chi connectivity index (χ1v) is 17.6. The van der Waals surface area contributed by atoms with Crippen LogP contribution in [0.15, 0.2) is 77.7 Å². The smallest absolute Gasteiger partial charge is 0.261 e. The minimum atomic E-state index is -3.77. The number of anilines is 1. The topological polar surface area (TPSA) is 68.3 Å². The molecule has 220 valence electrons. The maximum atomic E-state index is 13.2. The highest BCUT2D eigenvalue weighted by molar-refractivity contribution is 7.92. The van der Waals surface area contributed by atoms with E-state index in [1.165, 1.54) is 77.0 Å². The molecule has 0 spiro atoms. The van der Waals surface area contributed by atoms with Crippen molar-refractivity contribution in [2.24, 2.45) is 0 Å². The van der Waals surface area contributed by atoms with Crippen LogP contribution in [0, 0.1) is 0 Å². The second kappa shape index (κ2) is 16.5. The van der Waals surface area contributed by atoms with Crippen LogP contribution in [-0.4, -0.2) is 20.0 Å². The first-order chi connectivity index (χ1) is 20.1. The van der Waals surface area contributed by atoms with Gasteiger partial charge in [-0.1, -0.05) is 108 Å².